The Balaban J connectivity index is 1.47. The van der Waals surface area contributed by atoms with Crippen LogP contribution in [0.25, 0.3) is 6.08 Å². The van der Waals surface area contributed by atoms with E-state index in [-0.39, 0.29) is 23.7 Å². The van der Waals surface area contributed by atoms with Crippen LogP contribution in [0.5, 0.6) is 11.5 Å². The number of rotatable bonds is 8. The van der Waals surface area contributed by atoms with E-state index in [9.17, 15) is 24.1 Å². The molecule has 2 amide bonds. The number of carbonyl (C=O) groups is 2. The summed E-state index contributed by atoms with van der Waals surface area (Å²) in [5.74, 6) is -0.0150. The zero-order chi connectivity index (χ0) is 24.9. The summed E-state index contributed by atoms with van der Waals surface area (Å²) >= 11 is 0.825. The van der Waals surface area contributed by atoms with Gasteiger partial charge in [-0.3, -0.25) is 24.6 Å². The number of hydrogen-bond donors (Lipinski definition) is 0. The predicted octanol–water partition coefficient (Wildman–Crippen LogP) is 5.56. The molecule has 3 aromatic rings. The second kappa shape index (κ2) is 10.4. The van der Waals surface area contributed by atoms with Crippen LogP contribution in [-0.4, -0.2) is 28.1 Å². The Morgan fingerprint density at radius 1 is 1.03 bits per heavy atom. The number of benzene rings is 3. The molecule has 4 rings (SSSR count). The molecule has 0 aromatic heterocycles. The summed E-state index contributed by atoms with van der Waals surface area (Å²) in [4.78, 5) is 37.0. The Morgan fingerprint density at radius 3 is 2.51 bits per heavy atom. The van der Waals surface area contributed by atoms with Crippen molar-refractivity contribution in [1.29, 1.82) is 0 Å². The van der Waals surface area contributed by atoms with Crippen molar-refractivity contribution in [2.24, 2.45) is 0 Å². The van der Waals surface area contributed by atoms with Gasteiger partial charge >= 0.3 is 0 Å². The van der Waals surface area contributed by atoms with Crippen molar-refractivity contribution in [3.05, 3.63) is 104 Å². The van der Waals surface area contributed by atoms with Crippen molar-refractivity contribution in [3.63, 3.8) is 0 Å². The molecule has 35 heavy (non-hydrogen) atoms. The van der Waals surface area contributed by atoms with Crippen molar-refractivity contribution < 1.29 is 28.4 Å². The maximum Gasteiger partial charge on any atom is 0.293 e. The second-order valence-corrected chi connectivity index (χ2v) is 8.51. The molecule has 0 spiro atoms. The van der Waals surface area contributed by atoms with Gasteiger partial charge in [-0.05, 0) is 58.8 Å². The van der Waals surface area contributed by atoms with Gasteiger partial charge in [0.05, 0.1) is 23.5 Å². The molecule has 1 saturated heterocycles. The minimum absolute atomic E-state index is 0.0261. The highest BCUT2D eigenvalue weighted by atomic mass is 32.2. The van der Waals surface area contributed by atoms with E-state index in [0.29, 0.717) is 28.2 Å². The lowest BCUT2D eigenvalue weighted by molar-refractivity contribution is -0.384. The quantitative estimate of drug-likeness (QED) is 0.230. The number of ether oxygens (including phenoxy) is 2. The minimum Gasteiger partial charge on any atom is -0.493 e. The summed E-state index contributed by atoms with van der Waals surface area (Å²) < 4.78 is 24.3. The molecule has 8 nitrogen and oxygen atoms in total. The van der Waals surface area contributed by atoms with Gasteiger partial charge in [-0.15, -0.1) is 0 Å². The molecule has 0 aliphatic carbocycles. The minimum atomic E-state index is -0.472. The molecule has 0 radical (unpaired) electrons. The van der Waals surface area contributed by atoms with Crippen LogP contribution in [0.2, 0.25) is 0 Å². The van der Waals surface area contributed by atoms with E-state index in [4.69, 9.17) is 9.47 Å². The smallest absolute Gasteiger partial charge is 0.293 e. The van der Waals surface area contributed by atoms with Crippen LogP contribution in [0.3, 0.4) is 0 Å². The first-order valence-electron chi connectivity index (χ1n) is 10.4. The number of nitrogens with zero attached hydrogens (tertiary/aromatic N) is 2. The molecule has 1 heterocycles. The Morgan fingerprint density at radius 2 is 1.80 bits per heavy atom. The molecule has 3 aromatic carbocycles. The molecule has 0 bridgehead atoms. The van der Waals surface area contributed by atoms with E-state index < -0.39 is 21.9 Å². The first kappa shape index (κ1) is 24.0. The maximum atomic E-state index is 13.1. The molecular formula is C25H19FN2O6S. The molecule has 1 fully saturated rings. The van der Waals surface area contributed by atoms with Gasteiger partial charge in [0.1, 0.15) is 12.4 Å². The van der Waals surface area contributed by atoms with Gasteiger partial charge < -0.3 is 9.47 Å². The van der Waals surface area contributed by atoms with Gasteiger partial charge in [0.2, 0.25) is 0 Å². The molecule has 10 heteroatoms. The van der Waals surface area contributed by atoms with Gasteiger partial charge in [-0.1, -0.05) is 30.3 Å². The maximum absolute atomic E-state index is 13.1. The van der Waals surface area contributed by atoms with E-state index in [0.717, 1.165) is 16.7 Å². The highest BCUT2D eigenvalue weighted by Crippen LogP contribution is 2.35. The van der Waals surface area contributed by atoms with Crippen LogP contribution in [0.1, 0.15) is 16.7 Å². The number of nitro benzene ring substituents is 1. The predicted molar refractivity (Wildman–Crippen MR) is 128 cm³/mol. The first-order valence-corrected chi connectivity index (χ1v) is 11.2. The lowest BCUT2D eigenvalue weighted by Crippen LogP contribution is -2.27. The Bertz CT molecular complexity index is 1330. The lowest BCUT2D eigenvalue weighted by atomic mass is 10.1. The topological polar surface area (TPSA) is 99.0 Å². The van der Waals surface area contributed by atoms with E-state index in [1.165, 1.54) is 43.5 Å². The highest BCUT2D eigenvalue weighted by Gasteiger charge is 2.35. The largest absolute Gasteiger partial charge is 0.493 e. The van der Waals surface area contributed by atoms with Crippen LogP contribution >= 0.6 is 11.8 Å². The van der Waals surface area contributed by atoms with Gasteiger partial charge in [0.15, 0.2) is 11.5 Å². The standard InChI is InChI=1S/C25H19FN2O6S/c1-33-22-12-17(7-10-21(22)34-15-18-3-2-4-20(11-18)28(31)32)13-23-24(29)27(25(30)35-23)14-16-5-8-19(26)9-6-16/h2-13H,14-15H2,1H3/b23-13+. The molecule has 0 N–H and O–H groups in total. The van der Waals surface area contributed by atoms with E-state index >= 15 is 0 Å². The summed E-state index contributed by atoms with van der Waals surface area (Å²) in [5, 5.41) is 10.5. The third-order valence-corrected chi connectivity index (χ3v) is 6.04. The second-order valence-electron chi connectivity index (χ2n) is 7.52. The summed E-state index contributed by atoms with van der Waals surface area (Å²) in [5.41, 5.74) is 1.86. The number of carbonyl (C=O) groups excluding carboxylic acids is 2. The Kier molecular flexibility index (Phi) is 7.11. The lowest BCUT2D eigenvalue weighted by Gasteiger charge is -2.12. The van der Waals surface area contributed by atoms with Gasteiger partial charge in [0.25, 0.3) is 16.8 Å². The van der Waals surface area contributed by atoms with Crippen molar-refractivity contribution in [2.45, 2.75) is 13.2 Å². The monoisotopic (exact) mass is 494 g/mol. The Labute approximate surface area is 204 Å². The van der Waals surface area contributed by atoms with Crippen LogP contribution in [0.15, 0.2) is 71.6 Å². The molecule has 1 aliphatic heterocycles. The molecule has 0 saturated carbocycles. The van der Waals surface area contributed by atoms with Crippen LogP contribution in [-0.2, 0) is 17.9 Å². The molecule has 1 aliphatic rings. The van der Waals surface area contributed by atoms with Crippen LogP contribution in [0, 0.1) is 15.9 Å². The molecule has 0 atom stereocenters. The van der Waals surface area contributed by atoms with Crippen LogP contribution < -0.4 is 9.47 Å². The summed E-state index contributed by atoms with van der Waals surface area (Å²) in [6, 6.07) is 16.8. The number of methoxy groups -OCH3 is 1. The summed E-state index contributed by atoms with van der Waals surface area (Å²) in [6.07, 6.45) is 1.59. The van der Waals surface area contributed by atoms with E-state index in [2.05, 4.69) is 0 Å². The molecule has 0 unspecified atom stereocenters. The first-order chi connectivity index (χ1) is 16.8. The van der Waals surface area contributed by atoms with Crippen molar-refractivity contribution in [3.8, 4) is 11.5 Å². The Hall–Kier alpha value is -4.18. The average molecular weight is 495 g/mol. The zero-order valence-corrected chi connectivity index (χ0v) is 19.3. The van der Waals surface area contributed by atoms with E-state index in [1.54, 1.807) is 36.4 Å². The van der Waals surface area contributed by atoms with Crippen molar-refractivity contribution in [2.75, 3.05) is 7.11 Å². The summed E-state index contributed by atoms with van der Waals surface area (Å²) in [7, 11) is 1.47. The highest BCUT2D eigenvalue weighted by molar-refractivity contribution is 8.18. The summed E-state index contributed by atoms with van der Waals surface area (Å²) in [6.45, 7) is 0.149. The normalized spacial score (nSPS) is 14.5. The zero-order valence-electron chi connectivity index (χ0n) is 18.5. The fourth-order valence-corrected chi connectivity index (χ4v) is 4.21. The molecular weight excluding hydrogens is 475 g/mol. The molecule has 178 valence electrons. The number of imide groups is 1. The number of hydrogen-bond acceptors (Lipinski definition) is 7. The number of nitro groups is 1. The van der Waals surface area contributed by atoms with Crippen LogP contribution in [0.4, 0.5) is 14.9 Å². The van der Waals surface area contributed by atoms with E-state index in [1.807, 2.05) is 0 Å². The van der Waals surface area contributed by atoms with Crippen molar-refractivity contribution >= 4 is 34.7 Å². The third kappa shape index (κ3) is 5.67. The average Bonchev–Trinajstić information content (AvgIpc) is 3.11. The number of non-ortho nitro benzene ring substituents is 1. The SMILES string of the molecule is COc1cc(/C=C2/SC(=O)N(Cc3ccc(F)cc3)C2=O)ccc1OCc1cccc([N+](=O)[O-])c1. The third-order valence-electron chi connectivity index (χ3n) is 5.13. The number of halogens is 1. The number of thioether (sulfide) groups is 1. The fraction of sp³-hybridized carbons (Fsp3) is 0.120. The van der Waals surface area contributed by atoms with Gasteiger partial charge in [-0.25, -0.2) is 4.39 Å². The fourth-order valence-electron chi connectivity index (χ4n) is 3.37. The van der Waals surface area contributed by atoms with Crippen molar-refractivity contribution in [1.82, 2.24) is 4.90 Å². The van der Waals surface area contributed by atoms with Gasteiger partial charge in [0, 0.05) is 12.1 Å². The number of amides is 2. The van der Waals surface area contributed by atoms with Gasteiger partial charge in [-0.2, -0.15) is 0 Å².